The second-order valence-corrected chi connectivity index (χ2v) is 5.56. The third kappa shape index (κ3) is 2.30. The number of rotatable bonds is 3. The van der Waals surface area contributed by atoms with Crippen LogP contribution in [0.5, 0.6) is 0 Å². The zero-order valence-corrected chi connectivity index (χ0v) is 12.6. The van der Waals surface area contributed by atoms with Gasteiger partial charge in [0.2, 0.25) is 0 Å². The monoisotopic (exact) mass is 315 g/mol. The molecule has 0 saturated heterocycles. The molecule has 0 atom stereocenters. The summed E-state index contributed by atoms with van der Waals surface area (Å²) in [5.74, 6) is -0.494. The number of hydrogen-bond acceptors (Lipinski definition) is 5. The molecule has 0 saturated carbocycles. The molecular formula is C15H13N3O3S. The Bertz CT molecular complexity index is 887. The van der Waals surface area contributed by atoms with Gasteiger partial charge < -0.3 is 10.1 Å². The quantitative estimate of drug-likeness (QED) is 0.771. The number of amides is 1. The fourth-order valence-electron chi connectivity index (χ4n) is 2.34. The maximum absolute atomic E-state index is 12.6. The molecule has 0 radical (unpaired) electrons. The van der Waals surface area contributed by atoms with Crippen LogP contribution in [0.15, 0.2) is 40.6 Å². The number of pyridine rings is 1. The van der Waals surface area contributed by atoms with Gasteiger partial charge in [-0.15, -0.1) is 11.3 Å². The molecule has 0 bridgehead atoms. The molecule has 6 nitrogen and oxygen atoms in total. The third-order valence-corrected chi connectivity index (χ3v) is 4.26. The van der Waals surface area contributed by atoms with Gasteiger partial charge >= 0.3 is 0 Å². The lowest BCUT2D eigenvalue weighted by molar-refractivity contribution is 0.0988. The third-order valence-electron chi connectivity index (χ3n) is 3.41. The molecule has 0 fully saturated rings. The van der Waals surface area contributed by atoms with Gasteiger partial charge in [-0.25, -0.2) is 4.98 Å². The molecule has 1 amide bonds. The fourth-order valence-corrected chi connectivity index (χ4v) is 2.94. The number of hydrogen-bond donors (Lipinski definition) is 2. The second kappa shape index (κ2) is 5.70. The van der Waals surface area contributed by atoms with Crippen LogP contribution >= 0.6 is 11.3 Å². The van der Waals surface area contributed by atoms with Crippen LogP contribution in [-0.2, 0) is 6.61 Å². The first-order valence-corrected chi connectivity index (χ1v) is 7.43. The van der Waals surface area contributed by atoms with Crippen molar-refractivity contribution in [2.75, 3.05) is 11.9 Å². The lowest BCUT2D eigenvalue weighted by atomic mass is 10.0. The number of aromatic nitrogens is 2. The predicted molar refractivity (Wildman–Crippen MR) is 85.3 cm³/mol. The van der Waals surface area contributed by atoms with Gasteiger partial charge in [-0.2, -0.15) is 0 Å². The SMILES string of the molecule is CN(C(=O)c1c(CO)c2ccccc2[nH]c1=O)c1nccs1. The molecular weight excluding hydrogens is 302 g/mol. The molecule has 2 N–H and O–H groups in total. The summed E-state index contributed by atoms with van der Waals surface area (Å²) >= 11 is 1.30. The van der Waals surface area contributed by atoms with E-state index < -0.39 is 18.1 Å². The molecule has 2 aromatic heterocycles. The number of carbonyl (C=O) groups excluding carboxylic acids is 1. The van der Waals surface area contributed by atoms with E-state index >= 15 is 0 Å². The van der Waals surface area contributed by atoms with Crippen LogP contribution in [-0.4, -0.2) is 28.0 Å². The van der Waals surface area contributed by atoms with Crippen molar-refractivity contribution >= 4 is 33.3 Å². The van der Waals surface area contributed by atoms with Crippen molar-refractivity contribution in [1.82, 2.24) is 9.97 Å². The minimum Gasteiger partial charge on any atom is -0.392 e. The Hall–Kier alpha value is -2.51. The number of fused-ring (bicyclic) bond motifs is 1. The van der Waals surface area contributed by atoms with Crippen LogP contribution in [0.3, 0.4) is 0 Å². The van der Waals surface area contributed by atoms with Crippen LogP contribution in [0.25, 0.3) is 10.9 Å². The van der Waals surface area contributed by atoms with Gasteiger partial charge in [0.25, 0.3) is 11.5 Å². The number of para-hydroxylation sites is 1. The number of nitrogens with zero attached hydrogens (tertiary/aromatic N) is 2. The van der Waals surface area contributed by atoms with Crippen LogP contribution in [0.1, 0.15) is 15.9 Å². The first-order valence-electron chi connectivity index (χ1n) is 6.55. The largest absolute Gasteiger partial charge is 0.392 e. The molecule has 0 aliphatic heterocycles. The maximum Gasteiger partial charge on any atom is 0.265 e. The topological polar surface area (TPSA) is 86.3 Å². The maximum atomic E-state index is 12.6. The number of nitrogens with one attached hydrogen (secondary N) is 1. The van der Waals surface area contributed by atoms with Crippen molar-refractivity contribution in [3.05, 3.63) is 57.3 Å². The Labute approximate surface area is 129 Å². The molecule has 3 rings (SSSR count). The van der Waals surface area contributed by atoms with Crippen LogP contribution in [0, 0.1) is 0 Å². The van der Waals surface area contributed by atoms with Gasteiger partial charge in [-0.1, -0.05) is 18.2 Å². The van der Waals surface area contributed by atoms with Crippen molar-refractivity contribution in [2.45, 2.75) is 6.61 Å². The van der Waals surface area contributed by atoms with Gasteiger partial charge in [-0.05, 0) is 6.07 Å². The highest BCUT2D eigenvalue weighted by molar-refractivity contribution is 7.13. The van der Waals surface area contributed by atoms with Crippen molar-refractivity contribution in [3.63, 3.8) is 0 Å². The minimum atomic E-state index is -0.517. The van der Waals surface area contributed by atoms with E-state index in [0.29, 0.717) is 21.6 Å². The summed E-state index contributed by atoms with van der Waals surface area (Å²) in [4.78, 5) is 33.0. The van der Waals surface area contributed by atoms with E-state index in [1.165, 1.54) is 16.2 Å². The lowest BCUT2D eigenvalue weighted by Gasteiger charge is -2.16. The normalized spacial score (nSPS) is 10.8. The molecule has 0 unspecified atom stereocenters. The number of aromatic amines is 1. The number of anilines is 1. The summed E-state index contributed by atoms with van der Waals surface area (Å²) in [7, 11) is 1.55. The van der Waals surface area contributed by atoms with Crippen LogP contribution in [0.4, 0.5) is 5.13 Å². The highest BCUT2D eigenvalue weighted by atomic mass is 32.1. The number of aliphatic hydroxyl groups excluding tert-OH is 1. The summed E-state index contributed by atoms with van der Waals surface area (Å²) in [6, 6.07) is 7.06. The predicted octanol–water partition coefficient (Wildman–Crippen LogP) is 1.75. The smallest absolute Gasteiger partial charge is 0.265 e. The van der Waals surface area contributed by atoms with E-state index in [4.69, 9.17) is 0 Å². The number of thiazole rings is 1. The van der Waals surface area contributed by atoms with Crippen LogP contribution < -0.4 is 10.5 Å². The zero-order chi connectivity index (χ0) is 15.7. The zero-order valence-electron chi connectivity index (χ0n) is 11.7. The first-order chi connectivity index (χ1) is 10.6. The van der Waals surface area contributed by atoms with Gasteiger partial charge in [0, 0.05) is 35.1 Å². The van der Waals surface area contributed by atoms with Crippen LogP contribution in [0.2, 0.25) is 0 Å². The van der Waals surface area contributed by atoms with Gasteiger partial charge in [0.1, 0.15) is 5.56 Å². The Morgan fingerprint density at radius 1 is 1.41 bits per heavy atom. The Morgan fingerprint density at radius 3 is 2.86 bits per heavy atom. The molecule has 0 aliphatic carbocycles. The Balaban J connectivity index is 2.20. The number of carbonyl (C=O) groups is 1. The summed E-state index contributed by atoms with van der Waals surface area (Å²) in [6.45, 7) is -0.392. The van der Waals surface area contributed by atoms with Crippen molar-refractivity contribution in [1.29, 1.82) is 0 Å². The molecule has 3 aromatic rings. The Morgan fingerprint density at radius 2 is 2.18 bits per heavy atom. The molecule has 1 aromatic carbocycles. The van der Waals surface area contributed by atoms with Crippen molar-refractivity contribution in [3.8, 4) is 0 Å². The summed E-state index contributed by atoms with van der Waals surface area (Å²) in [5.41, 5.74) is 0.341. The Kier molecular flexibility index (Phi) is 3.74. The lowest BCUT2D eigenvalue weighted by Crippen LogP contribution is -2.33. The summed E-state index contributed by atoms with van der Waals surface area (Å²) in [6.07, 6.45) is 1.58. The number of aliphatic hydroxyl groups is 1. The average molecular weight is 315 g/mol. The van der Waals surface area contributed by atoms with E-state index in [0.717, 1.165) is 0 Å². The second-order valence-electron chi connectivity index (χ2n) is 4.69. The minimum absolute atomic E-state index is 0.0566. The van der Waals surface area contributed by atoms with E-state index in [1.807, 2.05) is 0 Å². The molecule has 0 spiro atoms. The summed E-state index contributed by atoms with van der Waals surface area (Å²) in [5, 5.41) is 12.6. The first kappa shape index (κ1) is 14.4. The van der Waals surface area contributed by atoms with Gasteiger partial charge in [0.15, 0.2) is 5.13 Å². The average Bonchev–Trinajstić information content (AvgIpc) is 3.06. The standard InChI is InChI=1S/C15H13N3O3S/c1-18(15-16-6-7-22-15)14(21)12-10(8-19)9-4-2-3-5-11(9)17-13(12)20/h2-7,19H,8H2,1H3,(H,17,20). The van der Waals surface area contributed by atoms with Crippen molar-refractivity contribution < 1.29 is 9.90 Å². The number of benzene rings is 1. The van der Waals surface area contributed by atoms with Crippen molar-refractivity contribution in [2.24, 2.45) is 0 Å². The van der Waals surface area contributed by atoms with Gasteiger partial charge in [-0.3, -0.25) is 14.5 Å². The van der Waals surface area contributed by atoms with E-state index in [9.17, 15) is 14.7 Å². The molecule has 0 aliphatic rings. The molecule has 7 heteroatoms. The van der Waals surface area contributed by atoms with E-state index in [2.05, 4.69) is 9.97 Å². The molecule has 22 heavy (non-hydrogen) atoms. The highest BCUT2D eigenvalue weighted by Crippen LogP contribution is 2.22. The molecule has 2 heterocycles. The van der Waals surface area contributed by atoms with Gasteiger partial charge in [0.05, 0.1) is 6.61 Å². The highest BCUT2D eigenvalue weighted by Gasteiger charge is 2.23. The number of H-pyrrole nitrogens is 1. The van der Waals surface area contributed by atoms with E-state index in [-0.39, 0.29) is 5.56 Å². The summed E-state index contributed by atoms with van der Waals surface area (Å²) < 4.78 is 0. The van der Waals surface area contributed by atoms with E-state index in [1.54, 1.807) is 42.9 Å². The fraction of sp³-hybridized carbons (Fsp3) is 0.133. The molecule has 112 valence electrons.